The summed E-state index contributed by atoms with van der Waals surface area (Å²) >= 11 is 0. The van der Waals surface area contributed by atoms with Crippen LogP contribution >= 0.6 is 0 Å². The summed E-state index contributed by atoms with van der Waals surface area (Å²) < 4.78 is 2.27. The molecule has 0 aliphatic carbocycles. The van der Waals surface area contributed by atoms with Crippen molar-refractivity contribution in [3.63, 3.8) is 0 Å². The first-order chi connectivity index (χ1) is 30.3. The smallest absolute Gasteiger partial charge is 0.145 e. The molecule has 2 heteroatoms. The summed E-state index contributed by atoms with van der Waals surface area (Å²) in [5.41, 5.74) is 9.15. The van der Waals surface area contributed by atoms with Crippen molar-refractivity contribution < 1.29 is 0 Å². The van der Waals surface area contributed by atoms with Gasteiger partial charge in [-0.25, -0.2) is 4.98 Å². The number of aromatic nitrogens is 2. The lowest BCUT2D eigenvalue weighted by Gasteiger charge is -2.20. The zero-order valence-corrected chi connectivity index (χ0v) is 33.2. The summed E-state index contributed by atoms with van der Waals surface area (Å²) in [7, 11) is 0. The largest absolute Gasteiger partial charge is 0.292 e. The maximum Gasteiger partial charge on any atom is 0.145 e. The van der Waals surface area contributed by atoms with E-state index >= 15 is 0 Å². The van der Waals surface area contributed by atoms with E-state index in [2.05, 4.69) is 223 Å². The molecule has 2 nitrogen and oxygen atoms in total. The molecule has 0 aliphatic heterocycles. The number of nitrogens with zero attached hydrogens (tertiary/aromatic N) is 2. The minimum Gasteiger partial charge on any atom is -0.292 e. The third-order valence-electron chi connectivity index (χ3n) is 12.9. The van der Waals surface area contributed by atoms with Crippen LogP contribution in [0.1, 0.15) is 0 Å². The second-order valence-electron chi connectivity index (χ2n) is 16.2. The van der Waals surface area contributed by atoms with E-state index in [1.165, 1.54) is 97.7 Å². The third-order valence-corrected chi connectivity index (χ3v) is 12.9. The Morgan fingerprint density at radius 3 is 1.41 bits per heavy atom. The summed E-state index contributed by atoms with van der Waals surface area (Å²) in [6.45, 7) is 0. The van der Waals surface area contributed by atoms with Crippen molar-refractivity contribution in [1.82, 2.24) is 9.55 Å². The van der Waals surface area contributed by atoms with Crippen molar-refractivity contribution in [2.75, 3.05) is 0 Å². The number of hydrogen-bond donors (Lipinski definition) is 0. The Kier molecular flexibility index (Phi) is 7.34. The van der Waals surface area contributed by atoms with Crippen molar-refractivity contribution in [1.29, 1.82) is 0 Å². The normalized spacial score (nSPS) is 11.9. The molecule has 13 aromatic rings. The maximum absolute atomic E-state index is 5.17. The summed E-state index contributed by atoms with van der Waals surface area (Å²) in [6.07, 6.45) is 0. The number of imidazole rings is 1. The molecule has 0 atom stereocenters. The summed E-state index contributed by atoms with van der Waals surface area (Å²) in [4.78, 5) is 5.17. The molecule has 1 heterocycles. The predicted octanol–water partition coefficient (Wildman–Crippen LogP) is 16.1. The average Bonchev–Trinajstić information content (AvgIpc) is 3.72. The van der Waals surface area contributed by atoms with Crippen molar-refractivity contribution in [3.05, 3.63) is 218 Å². The average molecular weight is 773 g/mol. The van der Waals surface area contributed by atoms with Crippen molar-refractivity contribution in [2.24, 2.45) is 0 Å². The van der Waals surface area contributed by atoms with Gasteiger partial charge in [0.25, 0.3) is 0 Å². The minimum atomic E-state index is 0.930. The molecule has 0 spiro atoms. The second kappa shape index (κ2) is 13.2. The van der Waals surface area contributed by atoms with Gasteiger partial charge in [0.15, 0.2) is 0 Å². The van der Waals surface area contributed by atoms with Gasteiger partial charge in [0.05, 0.1) is 11.0 Å². The van der Waals surface area contributed by atoms with Gasteiger partial charge in [-0.05, 0) is 122 Å². The standard InChI is InChI=1S/C59H36N2/c1-2-17-41(18-3-1)61-53-30-11-10-29-52(53)60-59(61)40-35-33-39(34-36-40)54-45-21-6-8-23-48(45)58(49-24-9-7-22-46(49)54)51-28-14-27-50-47-26-13-16-38-32-31-37-15-12-25-43(55(37)56(38)47)42-19-4-5-20-44(42)57(50)51/h1-36H. The van der Waals surface area contributed by atoms with Gasteiger partial charge < -0.3 is 0 Å². The van der Waals surface area contributed by atoms with Gasteiger partial charge in [-0.3, -0.25) is 4.57 Å². The highest BCUT2D eigenvalue weighted by atomic mass is 15.1. The molecule has 0 radical (unpaired) electrons. The van der Waals surface area contributed by atoms with E-state index in [1.807, 2.05) is 0 Å². The molecular weight excluding hydrogens is 737 g/mol. The van der Waals surface area contributed by atoms with E-state index in [0.29, 0.717) is 0 Å². The SMILES string of the molecule is c1ccc(-n2c(-c3ccc(-c4c5ccccc5c(-c5cccc6c7cccc8ccc9cccc(c%10ccccc%10c56)c9c87)c5ccccc45)cc3)nc3ccccc32)cc1. The molecule has 12 aromatic carbocycles. The molecule has 0 saturated heterocycles. The highest BCUT2D eigenvalue weighted by Gasteiger charge is 2.21. The quantitative estimate of drug-likeness (QED) is 0.129. The fourth-order valence-electron chi connectivity index (χ4n) is 10.4. The Morgan fingerprint density at radius 2 is 0.754 bits per heavy atom. The Balaban J connectivity index is 1.10. The lowest BCUT2D eigenvalue weighted by Crippen LogP contribution is -1.97. The highest BCUT2D eigenvalue weighted by Crippen LogP contribution is 2.48. The van der Waals surface area contributed by atoms with Gasteiger partial charge in [-0.2, -0.15) is 0 Å². The van der Waals surface area contributed by atoms with Crippen LogP contribution in [-0.4, -0.2) is 9.55 Å². The van der Waals surface area contributed by atoms with Gasteiger partial charge >= 0.3 is 0 Å². The van der Waals surface area contributed by atoms with Gasteiger partial charge in [0.1, 0.15) is 5.82 Å². The zero-order valence-electron chi connectivity index (χ0n) is 33.2. The summed E-state index contributed by atoms with van der Waals surface area (Å²) in [5, 5.41) is 17.7. The van der Waals surface area contributed by atoms with Gasteiger partial charge in [-0.15, -0.1) is 0 Å². The molecule has 0 amide bonds. The van der Waals surface area contributed by atoms with E-state index in [1.54, 1.807) is 0 Å². The maximum atomic E-state index is 5.17. The molecule has 13 rings (SSSR count). The van der Waals surface area contributed by atoms with Crippen LogP contribution in [0.4, 0.5) is 0 Å². The molecule has 0 bridgehead atoms. The molecular formula is C59H36N2. The molecule has 1 aromatic heterocycles. The molecule has 0 aliphatic rings. The molecule has 0 unspecified atom stereocenters. The predicted molar refractivity (Wildman–Crippen MR) is 260 cm³/mol. The van der Waals surface area contributed by atoms with Gasteiger partial charge in [0.2, 0.25) is 0 Å². The lowest BCUT2D eigenvalue weighted by atomic mass is 9.83. The Morgan fingerprint density at radius 1 is 0.295 bits per heavy atom. The van der Waals surface area contributed by atoms with E-state index in [-0.39, 0.29) is 0 Å². The second-order valence-corrected chi connectivity index (χ2v) is 16.2. The van der Waals surface area contributed by atoms with Crippen LogP contribution in [0.2, 0.25) is 0 Å². The van der Waals surface area contributed by atoms with Crippen LogP contribution in [0.25, 0.3) is 126 Å². The molecule has 282 valence electrons. The first-order valence-electron chi connectivity index (χ1n) is 21.1. The summed E-state index contributed by atoms with van der Waals surface area (Å²) in [5.74, 6) is 0.930. The monoisotopic (exact) mass is 772 g/mol. The van der Waals surface area contributed by atoms with Crippen LogP contribution in [-0.2, 0) is 0 Å². The number of benzene rings is 11. The van der Waals surface area contributed by atoms with Gasteiger partial charge in [0, 0.05) is 11.3 Å². The third kappa shape index (κ3) is 5.00. The first-order valence-corrected chi connectivity index (χ1v) is 21.1. The molecule has 0 saturated carbocycles. The highest BCUT2D eigenvalue weighted by molar-refractivity contribution is 6.35. The number of fused-ring (bicyclic) bond motifs is 8. The topological polar surface area (TPSA) is 17.8 Å². The number of para-hydroxylation sites is 3. The van der Waals surface area contributed by atoms with E-state index in [0.717, 1.165) is 28.1 Å². The van der Waals surface area contributed by atoms with Crippen LogP contribution < -0.4 is 0 Å². The number of rotatable bonds is 4. The van der Waals surface area contributed by atoms with Crippen LogP contribution in [0.15, 0.2) is 218 Å². The fraction of sp³-hybridized carbons (Fsp3) is 0. The summed E-state index contributed by atoms with van der Waals surface area (Å²) in [6, 6.07) is 80.1. The van der Waals surface area contributed by atoms with Crippen LogP contribution in [0.3, 0.4) is 0 Å². The Bertz CT molecular complexity index is 3860. The van der Waals surface area contributed by atoms with Crippen LogP contribution in [0, 0.1) is 0 Å². The number of hydrogen-bond acceptors (Lipinski definition) is 1. The Hall–Kier alpha value is -8.07. The van der Waals surface area contributed by atoms with Gasteiger partial charge in [-0.1, -0.05) is 194 Å². The van der Waals surface area contributed by atoms with Crippen molar-refractivity contribution >= 4 is 86.4 Å². The lowest BCUT2D eigenvalue weighted by molar-refractivity contribution is 1.10. The van der Waals surface area contributed by atoms with E-state index < -0.39 is 0 Å². The first kappa shape index (κ1) is 33.9. The molecule has 61 heavy (non-hydrogen) atoms. The van der Waals surface area contributed by atoms with Crippen molar-refractivity contribution in [3.8, 4) is 39.3 Å². The molecule has 0 fully saturated rings. The van der Waals surface area contributed by atoms with E-state index in [9.17, 15) is 0 Å². The van der Waals surface area contributed by atoms with Crippen LogP contribution in [0.5, 0.6) is 0 Å². The van der Waals surface area contributed by atoms with E-state index in [4.69, 9.17) is 4.98 Å². The molecule has 0 N–H and O–H groups in total. The minimum absolute atomic E-state index is 0.930. The Labute approximate surface area is 352 Å². The van der Waals surface area contributed by atoms with Crippen molar-refractivity contribution in [2.45, 2.75) is 0 Å². The fourth-order valence-corrected chi connectivity index (χ4v) is 10.4. The zero-order chi connectivity index (χ0) is 40.0.